The van der Waals surface area contributed by atoms with Crippen LogP contribution < -0.4 is 10.1 Å². The Balaban J connectivity index is 1.74. The SMILES string of the molecule is Cc1cccc(OCC(=O)N(Cc2ccc(Cl)cc2Cl)[C@H](C)C(=O)NC2CCCCC2)c1. The maximum atomic E-state index is 13.2. The molecule has 1 saturated carbocycles. The maximum absolute atomic E-state index is 13.2. The molecule has 7 heteroatoms. The van der Waals surface area contributed by atoms with E-state index in [0.29, 0.717) is 15.8 Å². The summed E-state index contributed by atoms with van der Waals surface area (Å²) in [4.78, 5) is 27.7. The lowest BCUT2D eigenvalue weighted by molar-refractivity contribution is -0.142. The van der Waals surface area contributed by atoms with E-state index in [2.05, 4.69) is 5.32 Å². The number of amides is 2. The molecule has 2 aromatic rings. The standard InChI is InChI=1S/C25H30Cl2N2O3/c1-17-7-6-10-22(13-17)32-16-24(30)29(15-19-11-12-20(26)14-23(19)27)18(2)25(31)28-21-8-4-3-5-9-21/h6-7,10-14,18,21H,3-5,8-9,15-16H2,1-2H3,(H,28,31)/t18-/m1/s1. The van der Waals surface area contributed by atoms with E-state index in [1.807, 2.05) is 25.1 Å². The van der Waals surface area contributed by atoms with Gasteiger partial charge in [0.05, 0.1) is 0 Å². The minimum absolute atomic E-state index is 0.161. The van der Waals surface area contributed by atoms with Crippen molar-refractivity contribution in [1.29, 1.82) is 0 Å². The van der Waals surface area contributed by atoms with Crippen molar-refractivity contribution in [3.05, 3.63) is 63.6 Å². The van der Waals surface area contributed by atoms with Crippen molar-refractivity contribution in [2.45, 2.75) is 64.6 Å². The van der Waals surface area contributed by atoms with Gasteiger partial charge < -0.3 is 15.0 Å². The average Bonchev–Trinajstić information content (AvgIpc) is 2.77. The van der Waals surface area contributed by atoms with Crippen LogP contribution in [0.2, 0.25) is 10.0 Å². The van der Waals surface area contributed by atoms with Gasteiger partial charge in [0.2, 0.25) is 5.91 Å². The predicted molar refractivity (Wildman–Crippen MR) is 128 cm³/mol. The number of nitrogens with zero attached hydrogens (tertiary/aromatic N) is 1. The Hall–Kier alpha value is -2.24. The number of halogens is 2. The molecule has 1 fully saturated rings. The molecule has 2 amide bonds. The number of hydrogen-bond acceptors (Lipinski definition) is 3. The molecule has 0 bridgehead atoms. The van der Waals surface area contributed by atoms with E-state index in [1.54, 1.807) is 31.2 Å². The second kappa shape index (κ2) is 11.6. The minimum atomic E-state index is -0.669. The fourth-order valence-electron chi connectivity index (χ4n) is 3.92. The quantitative estimate of drug-likeness (QED) is 0.543. The second-order valence-electron chi connectivity index (χ2n) is 8.38. The van der Waals surface area contributed by atoms with E-state index in [0.717, 1.165) is 36.8 Å². The van der Waals surface area contributed by atoms with E-state index in [-0.39, 0.29) is 31.0 Å². The molecule has 172 valence electrons. The highest BCUT2D eigenvalue weighted by Crippen LogP contribution is 2.24. The largest absolute Gasteiger partial charge is 0.484 e. The van der Waals surface area contributed by atoms with Gasteiger partial charge in [-0.15, -0.1) is 0 Å². The van der Waals surface area contributed by atoms with Gasteiger partial charge in [-0.25, -0.2) is 0 Å². The molecule has 1 aliphatic carbocycles. The Morgan fingerprint density at radius 2 is 1.88 bits per heavy atom. The number of rotatable bonds is 8. The number of aryl methyl sites for hydroxylation is 1. The minimum Gasteiger partial charge on any atom is -0.484 e. The number of carbonyl (C=O) groups excluding carboxylic acids is 2. The molecule has 32 heavy (non-hydrogen) atoms. The number of hydrogen-bond donors (Lipinski definition) is 1. The number of carbonyl (C=O) groups is 2. The summed E-state index contributed by atoms with van der Waals surface area (Å²) in [6, 6.07) is 12.1. The highest BCUT2D eigenvalue weighted by atomic mass is 35.5. The van der Waals surface area contributed by atoms with Crippen molar-refractivity contribution >= 4 is 35.0 Å². The average molecular weight is 477 g/mol. The van der Waals surface area contributed by atoms with Crippen LogP contribution in [0.5, 0.6) is 5.75 Å². The lowest BCUT2D eigenvalue weighted by Crippen LogP contribution is -2.51. The van der Waals surface area contributed by atoms with Crippen molar-refractivity contribution in [2.75, 3.05) is 6.61 Å². The molecule has 1 N–H and O–H groups in total. The Bertz CT molecular complexity index is 945. The first-order valence-electron chi connectivity index (χ1n) is 11.1. The Kier molecular flexibility index (Phi) is 8.83. The van der Waals surface area contributed by atoms with Crippen molar-refractivity contribution < 1.29 is 14.3 Å². The third-order valence-electron chi connectivity index (χ3n) is 5.83. The molecule has 0 radical (unpaired) electrons. The Morgan fingerprint density at radius 1 is 1.12 bits per heavy atom. The van der Waals surface area contributed by atoms with E-state index >= 15 is 0 Å². The molecule has 1 atom stereocenters. The van der Waals surface area contributed by atoms with Crippen LogP contribution in [-0.2, 0) is 16.1 Å². The van der Waals surface area contributed by atoms with Crippen LogP contribution in [0.25, 0.3) is 0 Å². The van der Waals surface area contributed by atoms with Gasteiger partial charge in [-0.3, -0.25) is 9.59 Å². The molecule has 3 rings (SSSR count). The molecule has 0 heterocycles. The molecular weight excluding hydrogens is 447 g/mol. The zero-order valence-electron chi connectivity index (χ0n) is 18.6. The summed E-state index contributed by atoms with van der Waals surface area (Å²) in [6.07, 6.45) is 5.40. The summed E-state index contributed by atoms with van der Waals surface area (Å²) in [5, 5.41) is 4.09. The van der Waals surface area contributed by atoms with Gasteiger partial charge in [0.15, 0.2) is 6.61 Å². The van der Waals surface area contributed by atoms with Gasteiger partial charge in [-0.05, 0) is 62.1 Å². The van der Waals surface area contributed by atoms with Crippen LogP contribution in [0.1, 0.15) is 50.2 Å². The maximum Gasteiger partial charge on any atom is 0.261 e. The van der Waals surface area contributed by atoms with E-state index in [4.69, 9.17) is 27.9 Å². The molecule has 0 spiro atoms. The lowest BCUT2D eigenvalue weighted by Gasteiger charge is -2.31. The second-order valence-corrected chi connectivity index (χ2v) is 9.23. The topological polar surface area (TPSA) is 58.6 Å². The molecular formula is C25H30Cl2N2O3. The van der Waals surface area contributed by atoms with E-state index in [9.17, 15) is 9.59 Å². The van der Waals surface area contributed by atoms with Crippen molar-refractivity contribution in [3.8, 4) is 5.75 Å². The summed E-state index contributed by atoms with van der Waals surface area (Å²) in [5.74, 6) is 0.164. The summed E-state index contributed by atoms with van der Waals surface area (Å²) >= 11 is 12.4. The van der Waals surface area contributed by atoms with Gasteiger partial charge in [0.25, 0.3) is 5.91 Å². The van der Waals surface area contributed by atoms with Gasteiger partial charge in [-0.2, -0.15) is 0 Å². The van der Waals surface area contributed by atoms with E-state index in [1.165, 1.54) is 11.3 Å². The summed E-state index contributed by atoms with van der Waals surface area (Å²) in [7, 11) is 0. The van der Waals surface area contributed by atoms with Crippen LogP contribution in [0, 0.1) is 6.92 Å². The molecule has 1 aliphatic rings. The summed E-state index contributed by atoms with van der Waals surface area (Å²) in [5.41, 5.74) is 1.76. The highest BCUT2D eigenvalue weighted by molar-refractivity contribution is 6.35. The van der Waals surface area contributed by atoms with E-state index < -0.39 is 6.04 Å². The third-order valence-corrected chi connectivity index (χ3v) is 6.41. The van der Waals surface area contributed by atoms with Gasteiger partial charge in [0.1, 0.15) is 11.8 Å². The molecule has 5 nitrogen and oxygen atoms in total. The molecule has 0 aromatic heterocycles. The monoisotopic (exact) mass is 476 g/mol. The fraction of sp³-hybridized carbons (Fsp3) is 0.440. The van der Waals surface area contributed by atoms with Crippen molar-refractivity contribution in [1.82, 2.24) is 10.2 Å². The molecule has 0 saturated heterocycles. The fourth-order valence-corrected chi connectivity index (χ4v) is 4.39. The zero-order valence-corrected chi connectivity index (χ0v) is 20.1. The smallest absolute Gasteiger partial charge is 0.261 e. The summed E-state index contributed by atoms with van der Waals surface area (Å²) < 4.78 is 5.72. The third kappa shape index (κ3) is 6.88. The first kappa shape index (κ1) is 24.4. The van der Waals surface area contributed by atoms with Crippen molar-refractivity contribution in [2.24, 2.45) is 0 Å². The van der Waals surface area contributed by atoms with Gasteiger partial charge in [0, 0.05) is 22.6 Å². The first-order chi connectivity index (χ1) is 15.3. The van der Waals surface area contributed by atoms with Crippen molar-refractivity contribution in [3.63, 3.8) is 0 Å². The van der Waals surface area contributed by atoms with Crippen LogP contribution in [0.15, 0.2) is 42.5 Å². The predicted octanol–water partition coefficient (Wildman–Crippen LogP) is 5.55. The first-order valence-corrected chi connectivity index (χ1v) is 11.8. The number of nitrogens with one attached hydrogen (secondary N) is 1. The number of benzene rings is 2. The van der Waals surface area contributed by atoms with Crippen LogP contribution in [-0.4, -0.2) is 35.4 Å². The Labute approximate surface area is 200 Å². The summed E-state index contributed by atoms with van der Waals surface area (Å²) in [6.45, 7) is 3.72. The lowest BCUT2D eigenvalue weighted by atomic mass is 9.95. The van der Waals surface area contributed by atoms with Crippen LogP contribution in [0.3, 0.4) is 0 Å². The highest BCUT2D eigenvalue weighted by Gasteiger charge is 2.29. The zero-order chi connectivity index (χ0) is 23.1. The molecule has 0 unspecified atom stereocenters. The normalized spacial score (nSPS) is 15.1. The molecule has 2 aromatic carbocycles. The van der Waals surface area contributed by atoms with Crippen LogP contribution in [0.4, 0.5) is 0 Å². The van der Waals surface area contributed by atoms with Gasteiger partial charge >= 0.3 is 0 Å². The molecule has 0 aliphatic heterocycles. The number of ether oxygens (including phenoxy) is 1. The Morgan fingerprint density at radius 3 is 2.56 bits per heavy atom. The van der Waals surface area contributed by atoms with Crippen LogP contribution >= 0.6 is 23.2 Å². The van der Waals surface area contributed by atoms with Gasteiger partial charge in [-0.1, -0.05) is 60.7 Å².